The van der Waals surface area contributed by atoms with E-state index in [1.165, 1.54) is 30.6 Å². The standard InChI is InChI=1S/C14H17N5S2/c15-7-3-4-11-8-13(20-9-11)10-21-14-16-17-18-19(14)12-5-1-2-6-12/h8-9,12H,1-2,5-7,10,15H2. The van der Waals surface area contributed by atoms with Crippen molar-refractivity contribution in [1.82, 2.24) is 20.2 Å². The van der Waals surface area contributed by atoms with Crippen molar-refractivity contribution < 1.29 is 0 Å². The summed E-state index contributed by atoms with van der Waals surface area (Å²) in [7, 11) is 0. The molecule has 0 bridgehead atoms. The first-order valence-electron chi connectivity index (χ1n) is 7.04. The number of thiophene rings is 1. The second-order valence-electron chi connectivity index (χ2n) is 4.94. The van der Waals surface area contributed by atoms with Gasteiger partial charge in [0.25, 0.3) is 0 Å². The number of nitrogens with zero attached hydrogens (tertiary/aromatic N) is 4. The van der Waals surface area contributed by atoms with Gasteiger partial charge in [-0.25, -0.2) is 4.68 Å². The molecule has 2 aromatic heterocycles. The van der Waals surface area contributed by atoms with Gasteiger partial charge in [0.15, 0.2) is 0 Å². The Bertz CT molecular complexity index is 646. The summed E-state index contributed by atoms with van der Waals surface area (Å²) in [5, 5.41) is 15.1. The summed E-state index contributed by atoms with van der Waals surface area (Å²) in [5.74, 6) is 6.81. The molecular weight excluding hydrogens is 302 g/mol. The average Bonchev–Trinajstić information content (AvgIpc) is 3.22. The maximum atomic E-state index is 5.38. The van der Waals surface area contributed by atoms with Crippen LogP contribution in [0.1, 0.15) is 42.2 Å². The van der Waals surface area contributed by atoms with Crippen molar-refractivity contribution in [3.05, 3.63) is 21.9 Å². The second-order valence-corrected chi connectivity index (χ2v) is 6.88. The van der Waals surface area contributed by atoms with Crippen LogP contribution in [0.2, 0.25) is 0 Å². The van der Waals surface area contributed by atoms with Gasteiger partial charge in [0, 0.05) is 21.6 Å². The molecule has 1 saturated carbocycles. The quantitative estimate of drug-likeness (QED) is 0.692. The Kier molecular flexibility index (Phi) is 4.91. The molecule has 2 N–H and O–H groups in total. The van der Waals surface area contributed by atoms with Crippen LogP contribution >= 0.6 is 23.1 Å². The van der Waals surface area contributed by atoms with E-state index in [1.807, 2.05) is 4.68 Å². The SMILES string of the molecule is NCC#Cc1csc(CSc2nnnn2C2CCCC2)c1. The summed E-state index contributed by atoms with van der Waals surface area (Å²) in [4.78, 5) is 1.28. The first-order valence-corrected chi connectivity index (χ1v) is 8.90. The molecule has 0 unspecified atom stereocenters. The van der Waals surface area contributed by atoms with Gasteiger partial charge in [0.05, 0.1) is 12.6 Å². The van der Waals surface area contributed by atoms with Crippen molar-refractivity contribution in [3.8, 4) is 11.8 Å². The zero-order chi connectivity index (χ0) is 14.5. The van der Waals surface area contributed by atoms with Crippen LogP contribution in [0.5, 0.6) is 0 Å². The van der Waals surface area contributed by atoms with Crippen molar-refractivity contribution >= 4 is 23.1 Å². The van der Waals surface area contributed by atoms with Gasteiger partial charge >= 0.3 is 0 Å². The highest BCUT2D eigenvalue weighted by Crippen LogP contribution is 2.32. The number of tetrazole rings is 1. The summed E-state index contributed by atoms with van der Waals surface area (Å²) in [5.41, 5.74) is 6.42. The molecule has 110 valence electrons. The summed E-state index contributed by atoms with van der Waals surface area (Å²) >= 11 is 3.41. The minimum atomic E-state index is 0.399. The minimum absolute atomic E-state index is 0.399. The van der Waals surface area contributed by atoms with Crippen molar-refractivity contribution in [2.45, 2.75) is 42.6 Å². The van der Waals surface area contributed by atoms with E-state index in [9.17, 15) is 0 Å². The zero-order valence-electron chi connectivity index (χ0n) is 11.7. The number of nitrogens with two attached hydrogens (primary N) is 1. The summed E-state index contributed by atoms with van der Waals surface area (Å²) in [6.07, 6.45) is 4.94. The predicted octanol–water partition coefficient (Wildman–Crippen LogP) is 2.45. The first-order chi connectivity index (χ1) is 10.4. The van der Waals surface area contributed by atoms with E-state index in [2.05, 4.69) is 38.8 Å². The number of rotatable bonds is 4. The fraction of sp³-hybridized carbons (Fsp3) is 0.500. The van der Waals surface area contributed by atoms with Crippen LogP contribution in [0.25, 0.3) is 0 Å². The normalized spacial score (nSPS) is 15.1. The molecule has 0 atom stereocenters. The van der Waals surface area contributed by atoms with Crippen molar-refractivity contribution in [1.29, 1.82) is 0 Å². The van der Waals surface area contributed by atoms with E-state index in [0.29, 0.717) is 12.6 Å². The molecule has 5 nitrogen and oxygen atoms in total. The van der Waals surface area contributed by atoms with E-state index in [-0.39, 0.29) is 0 Å². The third-order valence-electron chi connectivity index (χ3n) is 3.47. The Morgan fingerprint density at radius 1 is 1.43 bits per heavy atom. The van der Waals surface area contributed by atoms with Crippen LogP contribution < -0.4 is 5.73 Å². The van der Waals surface area contributed by atoms with Gasteiger partial charge in [-0.15, -0.1) is 16.4 Å². The topological polar surface area (TPSA) is 69.6 Å². The van der Waals surface area contributed by atoms with Crippen LogP contribution in [0.4, 0.5) is 0 Å². The molecule has 0 aliphatic heterocycles. The molecule has 1 aliphatic carbocycles. The Hall–Kier alpha value is -1.36. The molecule has 7 heteroatoms. The van der Waals surface area contributed by atoms with Crippen molar-refractivity contribution in [2.24, 2.45) is 5.73 Å². The molecule has 0 amide bonds. The number of hydrogen-bond acceptors (Lipinski definition) is 6. The van der Waals surface area contributed by atoms with Gasteiger partial charge in [0.2, 0.25) is 5.16 Å². The molecule has 1 aliphatic rings. The molecule has 2 heterocycles. The lowest BCUT2D eigenvalue weighted by Gasteiger charge is -2.10. The van der Waals surface area contributed by atoms with E-state index in [1.54, 1.807) is 23.1 Å². The van der Waals surface area contributed by atoms with Gasteiger partial charge in [-0.2, -0.15) is 0 Å². The molecule has 0 radical (unpaired) electrons. The maximum absolute atomic E-state index is 5.38. The van der Waals surface area contributed by atoms with Gasteiger partial charge in [-0.1, -0.05) is 36.4 Å². The van der Waals surface area contributed by atoms with Crippen LogP contribution in [0.3, 0.4) is 0 Å². The van der Waals surface area contributed by atoms with E-state index < -0.39 is 0 Å². The van der Waals surface area contributed by atoms with Crippen LogP contribution in [0.15, 0.2) is 16.6 Å². The maximum Gasteiger partial charge on any atom is 0.209 e. The van der Waals surface area contributed by atoms with Crippen molar-refractivity contribution in [2.75, 3.05) is 6.54 Å². The lowest BCUT2D eigenvalue weighted by atomic mass is 10.3. The molecule has 3 rings (SSSR count). The van der Waals surface area contributed by atoms with Gasteiger partial charge < -0.3 is 5.73 Å². The fourth-order valence-electron chi connectivity index (χ4n) is 2.47. The first kappa shape index (κ1) is 14.6. The Morgan fingerprint density at radius 3 is 3.10 bits per heavy atom. The number of thioether (sulfide) groups is 1. The highest BCUT2D eigenvalue weighted by atomic mass is 32.2. The van der Waals surface area contributed by atoms with Gasteiger partial charge in [-0.3, -0.25) is 0 Å². The van der Waals surface area contributed by atoms with Crippen molar-refractivity contribution in [3.63, 3.8) is 0 Å². The third-order valence-corrected chi connectivity index (χ3v) is 5.57. The monoisotopic (exact) mass is 319 g/mol. The molecule has 0 spiro atoms. The van der Waals surface area contributed by atoms with E-state index in [4.69, 9.17) is 5.73 Å². The Balaban J connectivity index is 1.62. The van der Waals surface area contributed by atoms with Gasteiger partial charge in [-0.05, 0) is 29.3 Å². The van der Waals surface area contributed by atoms with Gasteiger partial charge in [0.1, 0.15) is 0 Å². The average molecular weight is 319 g/mol. The molecule has 21 heavy (non-hydrogen) atoms. The molecule has 1 fully saturated rings. The van der Waals surface area contributed by atoms with E-state index in [0.717, 1.165) is 16.5 Å². The lowest BCUT2D eigenvalue weighted by molar-refractivity contribution is 0.423. The van der Waals surface area contributed by atoms with Crippen LogP contribution in [-0.2, 0) is 5.75 Å². The largest absolute Gasteiger partial charge is 0.320 e. The molecule has 2 aromatic rings. The number of aromatic nitrogens is 4. The Morgan fingerprint density at radius 2 is 2.29 bits per heavy atom. The summed E-state index contributed by atoms with van der Waals surface area (Å²) in [6.45, 7) is 0.399. The smallest absolute Gasteiger partial charge is 0.209 e. The summed E-state index contributed by atoms with van der Waals surface area (Å²) in [6, 6.07) is 2.60. The van der Waals surface area contributed by atoms with Crippen LogP contribution in [-0.4, -0.2) is 26.8 Å². The highest BCUT2D eigenvalue weighted by Gasteiger charge is 2.21. The molecular formula is C14H17N5S2. The second kappa shape index (κ2) is 7.07. The molecule has 0 aromatic carbocycles. The van der Waals surface area contributed by atoms with E-state index >= 15 is 0 Å². The summed E-state index contributed by atoms with van der Waals surface area (Å²) < 4.78 is 2.00. The highest BCUT2D eigenvalue weighted by molar-refractivity contribution is 7.98. The third kappa shape index (κ3) is 3.64. The minimum Gasteiger partial charge on any atom is -0.320 e. The molecule has 0 saturated heterocycles. The number of hydrogen-bond donors (Lipinski definition) is 1. The predicted molar refractivity (Wildman–Crippen MR) is 85.1 cm³/mol. The fourth-order valence-corrected chi connectivity index (χ4v) is 4.29. The Labute approximate surface area is 132 Å². The zero-order valence-corrected chi connectivity index (χ0v) is 13.3. The van der Waals surface area contributed by atoms with Crippen LogP contribution in [0, 0.1) is 11.8 Å². The lowest BCUT2D eigenvalue weighted by Crippen LogP contribution is -2.08.